The number of nitrogens with two attached hydrogens (primary N) is 1. The average Bonchev–Trinajstić information content (AvgIpc) is 2.86. The summed E-state index contributed by atoms with van der Waals surface area (Å²) in [7, 11) is 1.96. The maximum Gasteiger partial charge on any atom is 0.189 e. The smallest absolute Gasteiger partial charge is 0.189 e. The molecule has 5 nitrogen and oxygen atoms in total. The first kappa shape index (κ1) is 8.96. The van der Waals surface area contributed by atoms with Gasteiger partial charge in [0.1, 0.15) is 5.69 Å². The van der Waals surface area contributed by atoms with E-state index in [0.717, 1.165) is 16.6 Å². The third-order valence-corrected chi connectivity index (χ3v) is 2.59. The van der Waals surface area contributed by atoms with E-state index in [1.54, 1.807) is 6.33 Å². The zero-order valence-corrected chi connectivity index (χ0v) is 8.71. The van der Waals surface area contributed by atoms with E-state index in [0.29, 0.717) is 11.4 Å². The lowest BCUT2D eigenvalue weighted by Crippen LogP contribution is -1.86. The summed E-state index contributed by atoms with van der Waals surface area (Å²) in [4.78, 5) is 4.28. The maximum atomic E-state index is 5.74. The van der Waals surface area contributed by atoms with Crippen LogP contribution in [0.1, 0.15) is 0 Å². The first-order valence-electron chi connectivity index (χ1n) is 4.87. The molecule has 0 saturated heterocycles. The summed E-state index contributed by atoms with van der Waals surface area (Å²) in [6.07, 6.45) is 3.27. The van der Waals surface area contributed by atoms with Crippen molar-refractivity contribution in [2.75, 3.05) is 5.73 Å². The van der Waals surface area contributed by atoms with Crippen LogP contribution in [0.3, 0.4) is 0 Å². The highest BCUT2D eigenvalue weighted by Crippen LogP contribution is 2.27. The Morgan fingerprint density at radius 2 is 2.25 bits per heavy atom. The van der Waals surface area contributed by atoms with Gasteiger partial charge >= 0.3 is 0 Å². The normalized spacial score (nSPS) is 11.1. The standard InChI is InChI=1S/C11H10N4O/c1-15-6-13-9-4-7(2-3-10(9)15)11-8(12)5-14-16-11/h2-6H,12H2,1H3. The molecule has 0 aliphatic heterocycles. The molecule has 1 aromatic carbocycles. The Kier molecular flexibility index (Phi) is 1.73. The minimum absolute atomic E-state index is 0.537. The molecule has 3 rings (SSSR count). The number of rotatable bonds is 1. The number of nitrogen functional groups attached to an aromatic ring is 1. The SMILES string of the molecule is Cn1cnc2cc(-c3oncc3N)ccc21. The third kappa shape index (κ3) is 1.18. The number of nitrogens with zero attached hydrogens (tertiary/aromatic N) is 3. The van der Waals surface area contributed by atoms with E-state index in [2.05, 4.69) is 10.1 Å². The van der Waals surface area contributed by atoms with Crippen molar-refractivity contribution in [3.8, 4) is 11.3 Å². The Hall–Kier alpha value is -2.30. The van der Waals surface area contributed by atoms with Crippen LogP contribution < -0.4 is 5.73 Å². The number of hydrogen-bond donors (Lipinski definition) is 1. The molecule has 0 unspecified atom stereocenters. The van der Waals surface area contributed by atoms with E-state index >= 15 is 0 Å². The van der Waals surface area contributed by atoms with E-state index in [-0.39, 0.29) is 0 Å². The molecule has 2 N–H and O–H groups in total. The maximum absolute atomic E-state index is 5.74. The zero-order valence-electron chi connectivity index (χ0n) is 8.71. The van der Waals surface area contributed by atoms with Gasteiger partial charge in [-0.25, -0.2) is 4.98 Å². The highest BCUT2D eigenvalue weighted by molar-refractivity contribution is 5.83. The molecule has 3 aromatic rings. The summed E-state index contributed by atoms with van der Waals surface area (Å²) in [5, 5.41) is 3.66. The minimum atomic E-state index is 0.537. The first-order valence-corrected chi connectivity index (χ1v) is 4.87. The molecule has 0 fully saturated rings. The van der Waals surface area contributed by atoms with Crippen molar-refractivity contribution >= 4 is 16.7 Å². The predicted octanol–water partition coefficient (Wildman–Crippen LogP) is 1.81. The van der Waals surface area contributed by atoms with Crippen LogP contribution in [0.15, 0.2) is 35.2 Å². The zero-order chi connectivity index (χ0) is 11.1. The molecule has 0 aliphatic rings. The fourth-order valence-electron chi connectivity index (χ4n) is 1.74. The molecule has 0 radical (unpaired) electrons. The lowest BCUT2D eigenvalue weighted by molar-refractivity contribution is 0.432. The van der Waals surface area contributed by atoms with Crippen LogP contribution in [0.5, 0.6) is 0 Å². The van der Waals surface area contributed by atoms with Gasteiger partial charge in [-0.15, -0.1) is 0 Å². The van der Waals surface area contributed by atoms with Gasteiger partial charge in [0, 0.05) is 12.6 Å². The van der Waals surface area contributed by atoms with Gasteiger partial charge in [0.2, 0.25) is 0 Å². The number of aromatic nitrogens is 3. The van der Waals surface area contributed by atoms with Crippen molar-refractivity contribution in [3.63, 3.8) is 0 Å². The molecular weight excluding hydrogens is 204 g/mol. The average molecular weight is 214 g/mol. The van der Waals surface area contributed by atoms with Crippen LogP contribution in [0.25, 0.3) is 22.4 Å². The Balaban J connectivity index is 2.23. The summed E-state index contributed by atoms with van der Waals surface area (Å²) < 4.78 is 7.06. The topological polar surface area (TPSA) is 69.9 Å². The molecule has 16 heavy (non-hydrogen) atoms. The number of hydrogen-bond acceptors (Lipinski definition) is 4. The van der Waals surface area contributed by atoms with Crippen molar-refractivity contribution in [1.29, 1.82) is 0 Å². The molecule has 0 spiro atoms. The largest absolute Gasteiger partial charge is 0.394 e. The van der Waals surface area contributed by atoms with E-state index in [1.807, 2.05) is 29.8 Å². The van der Waals surface area contributed by atoms with Crippen LogP contribution in [0.2, 0.25) is 0 Å². The van der Waals surface area contributed by atoms with Gasteiger partial charge in [0.05, 0.1) is 23.6 Å². The van der Waals surface area contributed by atoms with Crippen molar-refractivity contribution in [3.05, 3.63) is 30.7 Å². The molecule has 0 bridgehead atoms. The van der Waals surface area contributed by atoms with Crippen molar-refractivity contribution < 1.29 is 4.52 Å². The monoisotopic (exact) mass is 214 g/mol. The second kappa shape index (κ2) is 3.10. The lowest BCUT2D eigenvalue weighted by Gasteiger charge is -1.98. The fraction of sp³-hybridized carbons (Fsp3) is 0.0909. The highest BCUT2D eigenvalue weighted by atomic mass is 16.5. The van der Waals surface area contributed by atoms with Gasteiger partial charge in [0.25, 0.3) is 0 Å². The minimum Gasteiger partial charge on any atom is -0.394 e. The van der Waals surface area contributed by atoms with Crippen LogP contribution in [-0.2, 0) is 7.05 Å². The molecule has 0 saturated carbocycles. The fourth-order valence-corrected chi connectivity index (χ4v) is 1.74. The number of benzene rings is 1. The molecule has 0 amide bonds. The van der Waals surface area contributed by atoms with Gasteiger partial charge in [0.15, 0.2) is 5.76 Å². The van der Waals surface area contributed by atoms with E-state index < -0.39 is 0 Å². The molecule has 2 aromatic heterocycles. The van der Waals surface area contributed by atoms with E-state index in [9.17, 15) is 0 Å². The second-order valence-electron chi connectivity index (χ2n) is 3.67. The van der Waals surface area contributed by atoms with E-state index in [4.69, 9.17) is 10.3 Å². The number of anilines is 1. The Labute approximate surface area is 91.5 Å². The van der Waals surface area contributed by atoms with Crippen LogP contribution in [0, 0.1) is 0 Å². The Morgan fingerprint density at radius 3 is 3.00 bits per heavy atom. The second-order valence-corrected chi connectivity index (χ2v) is 3.67. The van der Waals surface area contributed by atoms with Crippen LogP contribution in [-0.4, -0.2) is 14.7 Å². The summed E-state index contributed by atoms with van der Waals surface area (Å²) in [5.41, 5.74) is 9.15. The van der Waals surface area contributed by atoms with E-state index in [1.165, 1.54) is 6.20 Å². The number of fused-ring (bicyclic) bond motifs is 1. The van der Waals surface area contributed by atoms with Gasteiger partial charge in [-0.2, -0.15) is 0 Å². The lowest BCUT2D eigenvalue weighted by atomic mass is 10.1. The molecular formula is C11H10N4O. The van der Waals surface area contributed by atoms with Crippen molar-refractivity contribution in [2.24, 2.45) is 7.05 Å². The quantitative estimate of drug-likeness (QED) is 0.670. The number of aryl methyl sites for hydroxylation is 1. The summed E-state index contributed by atoms with van der Waals surface area (Å²) in [6.45, 7) is 0. The summed E-state index contributed by atoms with van der Waals surface area (Å²) >= 11 is 0. The van der Waals surface area contributed by atoms with Gasteiger partial charge in [-0.1, -0.05) is 5.16 Å². The van der Waals surface area contributed by atoms with Crippen LogP contribution in [0.4, 0.5) is 5.69 Å². The third-order valence-electron chi connectivity index (χ3n) is 2.59. The Bertz CT molecular complexity index is 653. The predicted molar refractivity (Wildman–Crippen MR) is 60.6 cm³/mol. The van der Waals surface area contributed by atoms with Gasteiger partial charge < -0.3 is 14.8 Å². The van der Waals surface area contributed by atoms with Crippen molar-refractivity contribution in [2.45, 2.75) is 0 Å². The first-order chi connectivity index (χ1) is 7.75. The summed E-state index contributed by atoms with van der Waals surface area (Å²) in [6, 6.07) is 5.87. The summed E-state index contributed by atoms with van der Waals surface area (Å²) in [5.74, 6) is 0.590. The van der Waals surface area contributed by atoms with Gasteiger partial charge in [-0.3, -0.25) is 0 Å². The van der Waals surface area contributed by atoms with Crippen LogP contribution >= 0.6 is 0 Å². The highest BCUT2D eigenvalue weighted by Gasteiger charge is 2.09. The van der Waals surface area contributed by atoms with Crippen molar-refractivity contribution in [1.82, 2.24) is 14.7 Å². The molecule has 0 aliphatic carbocycles. The molecule has 2 heterocycles. The Morgan fingerprint density at radius 1 is 1.38 bits per heavy atom. The van der Waals surface area contributed by atoms with Gasteiger partial charge in [-0.05, 0) is 18.2 Å². The number of imidazole rings is 1. The molecule has 5 heteroatoms. The molecule has 80 valence electrons. The molecule has 0 atom stereocenters.